The molecule has 1 aromatic carbocycles. The summed E-state index contributed by atoms with van der Waals surface area (Å²) in [5, 5.41) is 8.80. The summed E-state index contributed by atoms with van der Waals surface area (Å²) in [6.07, 6.45) is 1.77. The maximum absolute atomic E-state index is 12.6. The van der Waals surface area contributed by atoms with Crippen LogP contribution in [0.15, 0.2) is 36.5 Å². The van der Waals surface area contributed by atoms with Crippen LogP contribution in [0.2, 0.25) is 0 Å². The van der Waals surface area contributed by atoms with Crippen molar-refractivity contribution in [2.24, 2.45) is 0 Å². The predicted octanol–water partition coefficient (Wildman–Crippen LogP) is 2.35. The fourth-order valence-electron chi connectivity index (χ4n) is 1.94. The Morgan fingerprint density at radius 1 is 1.32 bits per heavy atom. The van der Waals surface area contributed by atoms with Crippen LogP contribution in [-0.2, 0) is 0 Å². The molecule has 22 heavy (non-hydrogen) atoms. The molecule has 0 unspecified atom stereocenters. The molecular weight excluding hydrogens is 280 g/mol. The van der Waals surface area contributed by atoms with E-state index in [1.807, 2.05) is 6.07 Å². The van der Waals surface area contributed by atoms with Crippen LogP contribution in [0.4, 0.5) is 5.69 Å². The van der Waals surface area contributed by atoms with Crippen LogP contribution in [0.1, 0.15) is 22.7 Å². The molecule has 0 aliphatic carbocycles. The van der Waals surface area contributed by atoms with Gasteiger partial charge in [0.15, 0.2) is 0 Å². The van der Waals surface area contributed by atoms with Gasteiger partial charge in [-0.3, -0.25) is 4.79 Å². The molecule has 112 valence electrons. The summed E-state index contributed by atoms with van der Waals surface area (Å²) in [4.78, 5) is 22.3. The summed E-state index contributed by atoms with van der Waals surface area (Å²) in [6.45, 7) is 2.07. The molecule has 0 aliphatic heterocycles. The van der Waals surface area contributed by atoms with Crippen LogP contribution in [0, 0.1) is 18.3 Å². The van der Waals surface area contributed by atoms with Gasteiger partial charge in [-0.05, 0) is 37.3 Å². The number of carbonyl (C=O) groups is 1. The second kappa shape index (κ2) is 7.18. The molecule has 0 N–H and O–H groups in total. The lowest BCUT2D eigenvalue weighted by Crippen LogP contribution is -2.33. The fourth-order valence-corrected chi connectivity index (χ4v) is 1.94. The molecule has 0 radical (unpaired) electrons. The van der Waals surface area contributed by atoms with Gasteiger partial charge in [-0.15, -0.1) is 0 Å². The lowest BCUT2D eigenvalue weighted by molar-refractivity contribution is 0.0977. The van der Waals surface area contributed by atoms with Crippen LogP contribution in [-0.4, -0.2) is 29.5 Å². The highest BCUT2D eigenvalue weighted by atomic mass is 16.5. The molecule has 6 heteroatoms. The molecule has 1 aromatic heterocycles. The highest BCUT2D eigenvalue weighted by molar-refractivity contribution is 6.03. The van der Waals surface area contributed by atoms with E-state index < -0.39 is 0 Å². The second-order valence-corrected chi connectivity index (χ2v) is 4.58. The first-order valence-electron chi connectivity index (χ1n) is 6.78. The van der Waals surface area contributed by atoms with E-state index in [2.05, 4.69) is 9.97 Å². The van der Waals surface area contributed by atoms with Crippen molar-refractivity contribution in [3.8, 4) is 11.8 Å². The van der Waals surface area contributed by atoms with Gasteiger partial charge in [0.1, 0.15) is 5.75 Å². The average Bonchev–Trinajstić information content (AvgIpc) is 2.55. The van der Waals surface area contributed by atoms with E-state index >= 15 is 0 Å². The Kier molecular flexibility index (Phi) is 5.04. The number of carbonyl (C=O) groups excluding carboxylic acids is 1. The van der Waals surface area contributed by atoms with E-state index in [1.54, 1.807) is 50.6 Å². The second-order valence-electron chi connectivity index (χ2n) is 4.58. The van der Waals surface area contributed by atoms with Gasteiger partial charge in [-0.1, -0.05) is 0 Å². The Labute approximate surface area is 129 Å². The molecule has 0 saturated carbocycles. The minimum Gasteiger partial charge on any atom is -0.497 e. The van der Waals surface area contributed by atoms with Gasteiger partial charge < -0.3 is 9.64 Å². The summed E-state index contributed by atoms with van der Waals surface area (Å²) in [5.41, 5.74) is 1.39. The monoisotopic (exact) mass is 296 g/mol. The molecule has 1 amide bonds. The SMILES string of the molecule is COc1ccc(N(CCC#N)C(=O)c2nccc(C)n2)cc1. The van der Waals surface area contributed by atoms with E-state index in [1.165, 1.54) is 4.90 Å². The van der Waals surface area contributed by atoms with Crippen LogP contribution < -0.4 is 9.64 Å². The molecular formula is C16H16N4O2. The largest absolute Gasteiger partial charge is 0.497 e. The summed E-state index contributed by atoms with van der Waals surface area (Å²) in [5.74, 6) is 0.487. The Morgan fingerprint density at radius 2 is 2.05 bits per heavy atom. The van der Waals surface area contributed by atoms with Crippen molar-refractivity contribution in [1.82, 2.24) is 9.97 Å². The maximum Gasteiger partial charge on any atom is 0.296 e. The minimum absolute atomic E-state index is 0.119. The third-order valence-electron chi connectivity index (χ3n) is 3.06. The van der Waals surface area contributed by atoms with E-state index in [4.69, 9.17) is 10.00 Å². The summed E-state index contributed by atoms with van der Waals surface area (Å²) in [6, 6.07) is 10.8. The number of aryl methyl sites for hydroxylation is 1. The molecule has 0 spiro atoms. The third-order valence-corrected chi connectivity index (χ3v) is 3.06. The molecule has 6 nitrogen and oxygen atoms in total. The quantitative estimate of drug-likeness (QED) is 0.846. The molecule has 0 fully saturated rings. The Morgan fingerprint density at radius 3 is 2.64 bits per heavy atom. The van der Waals surface area contributed by atoms with Crippen molar-refractivity contribution in [1.29, 1.82) is 5.26 Å². The number of hydrogen-bond donors (Lipinski definition) is 0. The first-order valence-corrected chi connectivity index (χ1v) is 6.78. The van der Waals surface area contributed by atoms with Crippen LogP contribution >= 0.6 is 0 Å². The zero-order chi connectivity index (χ0) is 15.9. The van der Waals surface area contributed by atoms with E-state index in [0.717, 1.165) is 0 Å². The zero-order valence-corrected chi connectivity index (χ0v) is 12.5. The number of amides is 1. The normalized spacial score (nSPS) is 9.86. The van der Waals surface area contributed by atoms with E-state index in [0.29, 0.717) is 17.1 Å². The van der Waals surface area contributed by atoms with Crippen molar-refractivity contribution < 1.29 is 9.53 Å². The maximum atomic E-state index is 12.6. The third kappa shape index (κ3) is 3.58. The predicted molar refractivity (Wildman–Crippen MR) is 81.7 cm³/mol. The van der Waals surface area contributed by atoms with Crippen molar-refractivity contribution in [2.45, 2.75) is 13.3 Å². The molecule has 0 saturated heterocycles. The summed E-state index contributed by atoms with van der Waals surface area (Å²) >= 11 is 0. The highest BCUT2D eigenvalue weighted by Gasteiger charge is 2.20. The molecule has 0 atom stereocenters. The van der Waals surface area contributed by atoms with Gasteiger partial charge >= 0.3 is 0 Å². The number of hydrogen-bond acceptors (Lipinski definition) is 5. The van der Waals surface area contributed by atoms with Crippen LogP contribution in [0.3, 0.4) is 0 Å². The van der Waals surface area contributed by atoms with Gasteiger partial charge in [0.25, 0.3) is 5.91 Å². The Balaban J connectivity index is 2.32. The number of methoxy groups -OCH3 is 1. The van der Waals surface area contributed by atoms with Crippen LogP contribution in [0.25, 0.3) is 0 Å². The van der Waals surface area contributed by atoms with E-state index in [9.17, 15) is 4.79 Å². The van der Waals surface area contributed by atoms with Crippen molar-refractivity contribution in [2.75, 3.05) is 18.6 Å². The minimum atomic E-state index is -0.330. The summed E-state index contributed by atoms with van der Waals surface area (Å²) < 4.78 is 5.11. The Bertz CT molecular complexity index is 692. The van der Waals surface area contributed by atoms with Gasteiger partial charge in [0.05, 0.1) is 19.6 Å². The van der Waals surface area contributed by atoms with Gasteiger partial charge in [-0.2, -0.15) is 5.26 Å². The number of anilines is 1. The number of nitrogens with zero attached hydrogens (tertiary/aromatic N) is 4. The van der Waals surface area contributed by atoms with Crippen molar-refractivity contribution in [3.63, 3.8) is 0 Å². The lowest BCUT2D eigenvalue weighted by Gasteiger charge is -2.21. The van der Waals surface area contributed by atoms with Gasteiger partial charge in [0.2, 0.25) is 5.82 Å². The molecule has 2 rings (SSSR count). The molecule has 0 bridgehead atoms. The molecule has 2 aromatic rings. The smallest absolute Gasteiger partial charge is 0.296 e. The summed E-state index contributed by atoms with van der Waals surface area (Å²) in [7, 11) is 1.58. The van der Waals surface area contributed by atoms with Crippen molar-refractivity contribution >= 4 is 11.6 Å². The first-order chi connectivity index (χ1) is 10.7. The van der Waals surface area contributed by atoms with E-state index in [-0.39, 0.29) is 24.7 Å². The topological polar surface area (TPSA) is 79.1 Å². The van der Waals surface area contributed by atoms with Gasteiger partial charge in [0, 0.05) is 24.1 Å². The first kappa shape index (κ1) is 15.4. The highest BCUT2D eigenvalue weighted by Crippen LogP contribution is 2.20. The number of aromatic nitrogens is 2. The molecule has 0 aliphatic rings. The van der Waals surface area contributed by atoms with Crippen molar-refractivity contribution in [3.05, 3.63) is 48.0 Å². The fraction of sp³-hybridized carbons (Fsp3) is 0.250. The molecule has 1 heterocycles. The number of rotatable bonds is 5. The number of benzene rings is 1. The Hall–Kier alpha value is -2.94. The van der Waals surface area contributed by atoms with Gasteiger partial charge in [-0.25, -0.2) is 9.97 Å². The standard InChI is InChI=1S/C16H16N4O2/c1-12-8-10-18-15(19-12)16(21)20(11-3-9-17)13-4-6-14(22-2)7-5-13/h4-8,10H,3,11H2,1-2H3. The number of ether oxygens (including phenoxy) is 1. The zero-order valence-electron chi connectivity index (χ0n) is 12.5. The van der Waals surface area contributed by atoms with Crippen LogP contribution in [0.5, 0.6) is 5.75 Å². The lowest BCUT2D eigenvalue weighted by atomic mass is 10.2. The number of nitriles is 1. The average molecular weight is 296 g/mol.